The maximum Gasteiger partial charge on any atom is 0.326 e. The number of carboxylic acids is 1. The molecule has 0 radical (unpaired) electrons. The largest absolute Gasteiger partial charge is 0.480 e. The van der Waals surface area contributed by atoms with Gasteiger partial charge in [-0.3, -0.25) is 10.1 Å². The Morgan fingerprint density at radius 1 is 1.67 bits per heavy atom. The van der Waals surface area contributed by atoms with Gasteiger partial charge in [0.15, 0.2) is 0 Å². The number of pyridine rings is 1. The molecule has 1 fully saturated rings. The summed E-state index contributed by atoms with van der Waals surface area (Å²) in [6.07, 6.45) is 2.73. The van der Waals surface area contributed by atoms with Gasteiger partial charge in [-0.25, -0.2) is 9.78 Å². The number of hydrogen-bond donors (Lipinski definition) is 2. The number of aromatic nitrogens is 1. The summed E-state index contributed by atoms with van der Waals surface area (Å²) in [6, 6.07) is 0.388. The highest BCUT2D eigenvalue weighted by Crippen LogP contribution is 2.35. The Labute approximate surface area is 107 Å². The normalized spacial score (nSPS) is 16.1. The van der Waals surface area contributed by atoms with Crippen LogP contribution in [0.3, 0.4) is 0 Å². The number of anilines is 1. The van der Waals surface area contributed by atoms with E-state index in [-0.39, 0.29) is 22.4 Å². The fourth-order valence-electron chi connectivity index (χ4n) is 1.59. The summed E-state index contributed by atoms with van der Waals surface area (Å²) in [5.41, 5.74) is -0.233. The molecule has 0 saturated heterocycles. The van der Waals surface area contributed by atoms with E-state index in [0.717, 1.165) is 25.1 Å². The molecule has 1 aliphatic carbocycles. The molecule has 7 nitrogen and oxygen atoms in total. The third kappa shape index (κ3) is 2.67. The number of halogens is 1. The number of rotatable bonds is 5. The quantitative estimate of drug-likeness (QED) is 0.626. The fraction of sp³-hybridized carbons (Fsp3) is 0.400. The first-order valence-corrected chi connectivity index (χ1v) is 5.66. The summed E-state index contributed by atoms with van der Waals surface area (Å²) in [5.74, 6) is -0.758. The van der Waals surface area contributed by atoms with Crippen LogP contribution in [0, 0.1) is 16.0 Å². The Morgan fingerprint density at radius 2 is 2.33 bits per heavy atom. The number of carbonyl (C=O) groups is 1. The SMILES string of the molecule is O=C(O)C(Nc1ncc([N+](=O)[O-])cc1Cl)C1CC1. The lowest BCUT2D eigenvalue weighted by Gasteiger charge is -2.14. The number of nitrogens with one attached hydrogen (secondary N) is 1. The molecule has 8 heteroatoms. The predicted octanol–water partition coefficient (Wildman–Crippen LogP) is 1.92. The van der Waals surface area contributed by atoms with Crippen LogP contribution in [0.4, 0.5) is 11.5 Å². The lowest BCUT2D eigenvalue weighted by Crippen LogP contribution is -2.31. The second kappa shape index (κ2) is 4.77. The zero-order valence-electron chi connectivity index (χ0n) is 9.17. The van der Waals surface area contributed by atoms with Gasteiger partial charge >= 0.3 is 5.97 Å². The van der Waals surface area contributed by atoms with Crippen molar-refractivity contribution in [3.63, 3.8) is 0 Å². The topological polar surface area (TPSA) is 105 Å². The number of carboxylic acid groups (broad SMARTS) is 1. The Hall–Kier alpha value is -1.89. The maximum absolute atomic E-state index is 11.0. The lowest BCUT2D eigenvalue weighted by molar-refractivity contribution is -0.385. The number of nitro groups is 1. The smallest absolute Gasteiger partial charge is 0.326 e. The first-order chi connectivity index (χ1) is 8.49. The molecule has 1 heterocycles. The van der Waals surface area contributed by atoms with Crippen LogP contribution in [-0.4, -0.2) is 27.0 Å². The van der Waals surface area contributed by atoms with Crippen LogP contribution in [0.2, 0.25) is 5.02 Å². The van der Waals surface area contributed by atoms with Crippen molar-refractivity contribution in [3.8, 4) is 0 Å². The van der Waals surface area contributed by atoms with Crippen LogP contribution in [0.25, 0.3) is 0 Å². The van der Waals surface area contributed by atoms with Gasteiger partial charge in [-0.2, -0.15) is 0 Å². The van der Waals surface area contributed by atoms with Crippen LogP contribution in [-0.2, 0) is 4.79 Å². The summed E-state index contributed by atoms with van der Waals surface area (Å²) in [6.45, 7) is 0. The van der Waals surface area contributed by atoms with E-state index in [1.54, 1.807) is 0 Å². The molecule has 1 aromatic rings. The number of aliphatic carboxylic acids is 1. The van der Waals surface area contributed by atoms with Crippen LogP contribution in [0.15, 0.2) is 12.3 Å². The molecule has 1 unspecified atom stereocenters. The molecule has 1 aliphatic rings. The molecule has 0 amide bonds. The lowest BCUT2D eigenvalue weighted by atomic mass is 10.2. The Bertz CT molecular complexity index is 504. The minimum atomic E-state index is -0.978. The van der Waals surface area contributed by atoms with Crippen LogP contribution >= 0.6 is 11.6 Å². The molecule has 1 aromatic heterocycles. The monoisotopic (exact) mass is 271 g/mol. The Kier molecular flexibility index (Phi) is 3.33. The minimum Gasteiger partial charge on any atom is -0.480 e. The van der Waals surface area contributed by atoms with Crippen molar-refractivity contribution in [2.45, 2.75) is 18.9 Å². The van der Waals surface area contributed by atoms with Gasteiger partial charge in [-0.05, 0) is 18.8 Å². The molecule has 0 aliphatic heterocycles. The van der Waals surface area contributed by atoms with Gasteiger partial charge in [0.05, 0.1) is 9.95 Å². The maximum atomic E-state index is 11.0. The molecule has 0 spiro atoms. The van der Waals surface area contributed by atoms with Gasteiger partial charge in [0.25, 0.3) is 5.69 Å². The van der Waals surface area contributed by atoms with E-state index in [4.69, 9.17) is 16.7 Å². The van der Waals surface area contributed by atoms with E-state index in [0.29, 0.717) is 0 Å². The van der Waals surface area contributed by atoms with Crippen molar-refractivity contribution >= 4 is 29.1 Å². The predicted molar refractivity (Wildman–Crippen MR) is 63.7 cm³/mol. The van der Waals surface area contributed by atoms with Crippen molar-refractivity contribution in [2.24, 2.45) is 5.92 Å². The van der Waals surface area contributed by atoms with Crippen molar-refractivity contribution < 1.29 is 14.8 Å². The standard InChI is InChI=1S/C10H10ClN3O4/c11-7-3-6(14(17)18)4-12-9(7)13-8(10(15)16)5-1-2-5/h3-5,8H,1-2H2,(H,12,13)(H,15,16). The van der Waals surface area contributed by atoms with Gasteiger partial charge in [-0.15, -0.1) is 0 Å². The van der Waals surface area contributed by atoms with E-state index >= 15 is 0 Å². The van der Waals surface area contributed by atoms with E-state index in [1.807, 2.05) is 0 Å². The highest BCUT2D eigenvalue weighted by atomic mass is 35.5. The van der Waals surface area contributed by atoms with Gasteiger partial charge in [0.1, 0.15) is 18.1 Å². The van der Waals surface area contributed by atoms with Gasteiger partial charge in [0, 0.05) is 6.07 Å². The second-order valence-corrected chi connectivity index (χ2v) is 4.49. The highest BCUT2D eigenvalue weighted by molar-refractivity contribution is 6.33. The molecule has 1 saturated carbocycles. The van der Waals surface area contributed by atoms with Gasteiger partial charge in [0.2, 0.25) is 0 Å². The minimum absolute atomic E-state index is 0.0381. The van der Waals surface area contributed by atoms with E-state index < -0.39 is 16.9 Å². The van der Waals surface area contributed by atoms with Gasteiger partial charge in [-0.1, -0.05) is 11.6 Å². The van der Waals surface area contributed by atoms with Crippen LogP contribution in [0.1, 0.15) is 12.8 Å². The van der Waals surface area contributed by atoms with Crippen molar-refractivity contribution in [1.29, 1.82) is 0 Å². The summed E-state index contributed by atoms with van der Waals surface area (Å²) >= 11 is 5.82. The Morgan fingerprint density at radius 3 is 2.78 bits per heavy atom. The van der Waals surface area contributed by atoms with Crippen LogP contribution < -0.4 is 5.32 Å². The highest BCUT2D eigenvalue weighted by Gasteiger charge is 2.36. The van der Waals surface area contributed by atoms with E-state index in [9.17, 15) is 14.9 Å². The Balaban J connectivity index is 2.18. The first-order valence-electron chi connectivity index (χ1n) is 5.28. The molecule has 1 atom stereocenters. The zero-order valence-corrected chi connectivity index (χ0v) is 9.92. The van der Waals surface area contributed by atoms with Crippen molar-refractivity contribution in [3.05, 3.63) is 27.4 Å². The van der Waals surface area contributed by atoms with E-state index in [2.05, 4.69) is 10.3 Å². The van der Waals surface area contributed by atoms with E-state index in [1.165, 1.54) is 0 Å². The first kappa shape index (κ1) is 12.6. The molecule has 2 rings (SSSR count). The van der Waals surface area contributed by atoms with Crippen molar-refractivity contribution in [2.75, 3.05) is 5.32 Å². The van der Waals surface area contributed by atoms with Crippen LogP contribution in [0.5, 0.6) is 0 Å². The number of nitrogens with zero attached hydrogens (tertiary/aromatic N) is 2. The third-order valence-corrected chi connectivity index (χ3v) is 2.98. The zero-order chi connectivity index (χ0) is 13.3. The molecular formula is C10H10ClN3O4. The van der Waals surface area contributed by atoms with Crippen molar-refractivity contribution in [1.82, 2.24) is 4.98 Å². The average Bonchev–Trinajstić information content (AvgIpc) is 3.10. The third-order valence-electron chi connectivity index (χ3n) is 2.69. The summed E-state index contributed by atoms with van der Waals surface area (Å²) < 4.78 is 0. The molecule has 2 N–H and O–H groups in total. The number of hydrogen-bond acceptors (Lipinski definition) is 5. The fourth-order valence-corrected chi connectivity index (χ4v) is 1.81. The molecule has 0 aromatic carbocycles. The average molecular weight is 272 g/mol. The summed E-state index contributed by atoms with van der Waals surface area (Å²) in [5, 5.41) is 22.3. The molecule has 96 valence electrons. The summed E-state index contributed by atoms with van der Waals surface area (Å²) in [4.78, 5) is 24.7. The second-order valence-electron chi connectivity index (χ2n) is 4.08. The van der Waals surface area contributed by atoms with Gasteiger partial charge < -0.3 is 10.4 Å². The summed E-state index contributed by atoms with van der Waals surface area (Å²) in [7, 11) is 0. The molecule has 18 heavy (non-hydrogen) atoms. The molecular weight excluding hydrogens is 262 g/mol. The molecule has 0 bridgehead atoms.